The maximum atomic E-state index is 12.9. The Labute approximate surface area is 170 Å². The summed E-state index contributed by atoms with van der Waals surface area (Å²) in [4.78, 5) is 28.1. The van der Waals surface area contributed by atoms with E-state index in [9.17, 15) is 4.79 Å². The number of nitrogens with zero attached hydrogens (tertiary/aromatic N) is 5. The molecule has 7 heteroatoms. The van der Waals surface area contributed by atoms with E-state index in [4.69, 9.17) is 9.72 Å². The van der Waals surface area contributed by atoms with Gasteiger partial charge in [-0.15, -0.1) is 0 Å². The van der Waals surface area contributed by atoms with Crippen LogP contribution in [0.25, 0.3) is 11.4 Å². The molecule has 0 spiro atoms. The molecular weight excluding hydrogens is 366 g/mol. The van der Waals surface area contributed by atoms with E-state index in [1.807, 2.05) is 18.2 Å². The van der Waals surface area contributed by atoms with Crippen molar-refractivity contribution in [1.29, 1.82) is 0 Å². The summed E-state index contributed by atoms with van der Waals surface area (Å²) < 4.78 is 7.55. The molecule has 1 aromatic carbocycles. The van der Waals surface area contributed by atoms with Crippen LogP contribution in [0.3, 0.4) is 0 Å². The van der Waals surface area contributed by atoms with Crippen molar-refractivity contribution in [2.45, 2.75) is 26.5 Å². The van der Waals surface area contributed by atoms with Crippen molar-refractivity contribution < 1.29 is 4.74 Å². The second-order valence-electron chi connectivity index (χ2n) is 8.14. The Morgan fingerprint density at radius 3 is 2.62 bits per heavy atom. The number of hydrogen-bond donors (Lipinski definition) is 0. The summed E-state index contributed by atoms with van der Waals surface area (Å²) >= 11 is 0. The van der Waals surface area contributed by atoms with Crippen molar-refractivity contribution in [3.05, 3.63) is 70.9 Å². The van der Waals surface area contributed by atoms with Crippen LogP contribution in [0, 0.1) is 5.41 Å². The van der Waals surface area contributed by atoms with Crippen molar-refractivity contribution in [2.75, 3.05) is 25.1 Å². The van der Waals surface area contributed by atoms with Crippen molar-refractivity contribution >= 4 is 5.95 Å². The van der Waals surface area contributed by atoms with Crippen LogP contribution >= 0.6 is 0 Å². The van der Waals surface area contributed by atoms with Crippen LogP contribution in [0.5, 0.6) is 0 Å². The Bertz CT molecular complexity index is 1030. The monoisotopic (exact) mass is 391 g/mol. The third-order valence-corrected chi connectivity index (χ3v) is 5.16. The van der Waals surface area contributed by atoms with Crippen LogP contribution in [0.15, 0.2) is 59.8 Å². The maximum Gasteiger partial charge on any atom is 0.255 e. The van der Waals surface area contributed by atoms with Crippen LogP contribution in [0.4, 0.5) is 5.95 Å². The van der Waals surface area contributed by atoms with E-state index in [-0.39, 0.29) is 17.1 Å². The first kappa shape index (κ1) is 19.3. The van der Waals surface area contributed by atoms with Crippen molar-refractivity contribution in [3.8, 4) is 11.4 Å². The van der Waals surface area contributed by atoms with Crippen LogP contribution in [0.1, 0.15) is 25.5 Å². The van der Waals surface area contributed by atoms with Crippen molar-refractivity contribution in [3.63, 3.8) is 0 Å². The maximum absolute atomic E-state index is 12.9. The Kier molecular flexibility index (Phi) is 5.15. The number of rotatable bonds is 5. The molecule has 0 saturated heterocycles. The largest absolute Gasteiger partial charge is 0.375 e. The van der Waals surface area contributed by atoms with Crippen molar-refractivity contribution in [1.82, 2.24) is 19.5 Å². The average Bonchev–Trinajstić information content (AvgIpc) is 2.73. The lowest BCUT2D eigenvalue weighted by atomic mass is 9.90. The van der Waals surface area contributed by atoms with Gasteiger partial charge in [0.15, 0.2) is 0 Å². The first-order valence-corrected chi connectivity index (χ1v) is 9.68. The topological polar surface area (TPSA) is 73.1 Å². The Morgan fingerprint density at radius 1 is 1.14 bits per heavy atom. The molecule has 2 aromatic heterocycles. The quantitative estimate of drug-likeness (QED) is 0.666. The number of anilines is 1. The van der Waals surface area contributed by atoms with Gasteiger partial charge in [0.05, 0.1) is 24.0 Å². The van der Waals surface area contributed by atoms with Crippen LogP contribution < -0.4 is 10.5 Å². The molecule has 3 heterocycles. The van der Waals surface area contributed by atoms with Crippen LogP contribution in [0.2, 0.25) is 0 Å². The van der Waals surface area contributed by atoms with E-state index in [1.54, 1.807) is 30.0 Å². The lowest BCUT2D eigenvalue weighted by molar-refractivity contribution is 0.103. The summed E-state index contributed by atoms with van der Waals surface area (Å²) in [7, 11) is 1.71. The molecule has 1 aliphatic rings. The number of benzene rings is 1. The molecule has 150 valence electrons. The molecule has 0 bridgehead atoms. The molecule has 1 aliphatic heterocycles. The van der Waals surface area contributed by atoms with Gasteiger partial charge in [0, 0.05) is 37.9 Å². The molecule has 4 rings (SSSR count). The molecule has 3 aromatic rings. The minimum absolute atomic E-state index is 0.0656. The average molecular weight is 391 g/mol. The van der Waals surface area contributed by atoms with Gasteiger partial charge in [0.1, 0.15) is 6.33 Å². The van der Waals surface area contributed by atoms with E-state index in [2.05, 4.69) is 40.8 Å². The van der Waals surface area contributed by atoms with Crippen LogP contribution in [-0.2, 0) is 11.3 Å². The molecule has 7 nitrogen and oxygen atoms in total. The highest BCUT2D eigenvalue weighted by molar-refractivity contribution is 5.55. The van der Waals surface area contributed by atoms with Gasteiger partial charge >= 0.3 is 0 Å². The summed E-state index contributed by atoms with van der Waals surface area (Å²) in [6.45, 7) is 6.33. The summed E-state index contributed by atoms with van der Waals surface area (Å²) in [5.41, 5.74) is 2.15. The van der Waals surface area contributed by atoms with Gasteiger partial charge in [-0.1, -0.05) is 44.2 Å². The highest BCUT2D eigenvalue weighted by Gasteiger charge is 2.33. The van der Waals surface area contributed by atoms with Gasteiger partial charge in [-0.25, -0.2) is 15.0 Å². The fourth-order valence-corrected chi connectivity index (χ4v) is 3.85. The first-order chi connectivity index (χ1) is 14.0. The first-order valence-electron chi connectivity index (χ1n) is 9.68. The number of aromatic nitrogens is 4. The highest BCUT2D eigenvalue weighted by Crippen LogP contribution is 2.32. The standard InChI is InChI=1S/C22H25N5O2/c1-22(2)13-26(12-19(29-3)16-7-5-4-6-8-16)21-25-18(11-20(28)27(21)14-22)17-9-10-23-15-24-17/h4-11,15,19H,12-14H2,1-3H3. The smallest absolute Gasteiger partial charge is 0.255 e. The predicted octanol–water partition coefficient (Wildman–Crippen LogP) is 2.93. The Hall–Kier alpha value is -3.06. The lowest BCUT2D eigenvalue weighted by Gasteiger charge is -2.41. The van der Waals surface area contributed by atoms with E-state index in [1.165, 1.54) is 6.33 Å². The highest BCUT2D eigenvalue weighted by atomic mass is 16.5. The minimum Gasteiger partial charge on any atom is -0.375 e. The number of fused-ring (bicyclic) bond motifs is 1. The number of ether oxygens (including phenoxy) is 1. The van der Waals surface area contributed by atoms with Gasteiger partial charge in [-0.05, 0) is 11.6 Å². The zero-order valence-electron chi connectivity index (χ0n) is 16.9. The van der Waals surface area contributed by atoms with Crippen molar-refractivity contribution in [2.24, 2.45) is 5.41 Å². The second kappa shape index (κ2) is 7.75. The minimum atomic E-state index is -0.127. The van der Waals surface area contributed by atoms with E-state index in [0.29, 0.717) is 30.4 Å². The van der Waals surface area contributed by atoms with E-state index in [0.717, 1.165) is 12.1 Å². The Morgan fingerprint density at radius 2 is 1.93 bits per heavy atom. The fourth-order valence-electron chi connectivity index (χ4n) is 3.85. The number of hydrogen-bond acceptors (Lipinski definition) is 6. The molecule has 0 aliphatic carbocycles. The second-order valence-corrected chi connectivity index (χ2v) is 8.14. The molecule has 1 atom stereocenters. The summed E-state index contributed by atoms with van der Waals surface area (Å²) in [5.74, 6) is 0.656. The molecule has 1 unspecified atom stereocenters. The molecule has 0 amide bonds. The van der Waals surface area contributed by atoms with E-state index >= 15 is 0 Å². The molecule has 0 fully saturated rings. The lowest BCUT2D eigenvalue weighted by Crippen LogP contribution is -2.48. The third-order valence-electron chi connectivity index (χ3n) is 5.16. The van der Waals surface area contributed by atoms with Gasteiger partial charge in [-0.3, -0.25) is 9.36 Å². The van der Waals surface area contributed by atoms with Gasteiger partial charge in [0.2, 0.25) is 5.95 Å². The van der Waals surface area contributed by atoms with Gasteiger partial charge in [0.25, 0.3) is 5.56 Å². The van der Waals surface area contributed by atoms with E-state index < -0.39 is 0 Å². The summed E-state index contributed by atoms with van der Waals surface area (Å²) in [6, 6.07) is 13.4. The Balaban J connectivity index is 1.76. The molecule has 0 saturated carbocycles. The molecule has 0 N–H and O–H groups in total. The zero-order valence-corrected chi connectivity index (χ0v) is 16.9. The fraction of sp³-hybridized carbons (Fsp3) is 0.364. The molecule has 0 radical (unpaired) electrons. The van der Waals surface area contributed by atoms with Gasteiger partial charge in [-0.2, -0.15) is 0 Å². The van der Waals surface area contributed by atoms with Crippen LogP contribution in [-0.4, -0.2) is 39.7 Å². The molecule has 29 heavy (non-hydrogen) atoms. The third kappa shape index (κ3) is 4.05. The summed E-state index contributed by atoms with van der Waals surface area (Å²) in [6.07, 6.45) is 2.99. The number of methoxy groups -OCH3 is 1. The zero-order chi connectivity index (χ0) is 20.4. The normalized spacial score (nSPS) is 16.3. The SMILES string of the molecule is COC(CN1CC(C)(C)Cn2c1nc(-c1ccncn1)cc2=O)c1ccccc1. The molecular formula is C22H25N5O2. The predicted molar refractivity (Wildman–Crippen MR) is 112 cm³/mol. The summed E-state index contributed by atoms with van der Waals surface area (Å²) in [5, 5.41) is 0. The van der Waals surface area contributed by atoms with Gasteiger partial charge < -0.3 is 9.64 Å².